The highest BCUT2D eigenvalue weighted by Crippen LogP contribution is 2.38. The lowest BCUT2D eigenvalue weighted by Crippen LogP contribution is -2.53. The summed E-state index contributed by atoms with van der Waals surface area (Å²) in [4.78, 5) is 119. The van der Waals surface area contributed by atoms with E-state index in [9.17, 15) is 24.3 Å². The Hall–Kier alpha value is -8.04. The molecule has 4 saturated carbocycles. The molecular formula is C77H104N8O13. The molecule has 19 atom stereocenters. The number of rotatable bonds is 0. The van der Waals surface area contributed by atoms with Crippen LogP contribution in [0.3, 0.4) is 0 Å². The van der Waals surface area contributed by atoms with Crippen LogP contribution in [0.5, 0.6) is 17.2 Å². The van der Waals surface area contributed by atoms with Crippen molar-refractivity contribution in [1.29, 1.82) is 0 Å². The molecule has 0 saturated heterocycles. The number of hydrogen-bond donors (Lipinski definition) is 9. The molecule has 4 fully saturated rings. The predicted octanol–water partition coefficient (Wildman–Crippen LogP) is 9.76. The first kappa shape index (κ1) is 72.7. The first-order valence-electron chi connectivity index (χ1n) is 35.6. The molecule has 8 amide bonds. The van der Waals surface area contributed by atoms with E-state index < -0.39 is 95.8 Å². The van der Waals surface area contributed by atoms with Gasteiger partial charge in [0.1, 0.15) is 30.0 Å². The number of fused-ring (bicyclic) bond motifs is 21. The van der Waals surface area contributed by atoms with Gasteiger partial charge in [-0.25, -0.2) is 0 Å². The molecule has 0 radical (unpaired) electrons. The van der Waals surface area contributed by atoms with Gasteiger partial charge in [-0.15, -0.1) is 0 Å². The number of phenolic OH excluding ortho intramolecular Hbond substituents is 1. The minimum atomic E-state index is -0.735. The number of carbonyl (C=O) groups excluding carboxylic acids is 8. The van der Waals surface area contributed by atoms with Crippen LogP contribution in [0.1, 0.15) is 233 Å². The number of phenols is 1. The molecule has 4 aromatic carbocycles. The number of nitrogens with one attached hydrogen (secondary N) is 8. The highest BCUT2D eigenvalue weighted by atomic mass is 16.6. The van der Waals surface area contributed by atoms with Crippen molar-refractivity contribution in [3.8, 4) is 17.2 Å². The molecular weight excluding hydrogens is 1240 g/mol. The van der Waals surface area contributed by atoms with E-state index in [0.717, 1.165) is 0 Å². The summed E-state index contributed by atoms with van der Waals surface area (Å²) in [6.07, 6.45) is 2.11. The minimum Gasteiger partial charge on any atom is -0.506 e. The molecule has 0 aromatic heterocycles. The molecule has 2 heterocycles. The van der Waals surface area contributed by atoms with Gasteiger partial charge in [-0.2, -0.15) is 0 Å². The van der Waals surface area contributed by atoms with Crippen molar-refractivity contribution >= 4 is 47.3 Å². The Morgan fingerprint density at radius 2 is 0.541 bits per heavy atom. The second-order valence-corrected chi connectivity index (χ2v) is 30.5. The summed E-state index contributed by atoms with van der Waals surface area (Å²) in [5, 5.41) is 37.9. The van der Waals surface area contributed by atoms with Crippen LogP contribution in [0.15, 0.2) is 54.6 Å². The van der Waals surface area contributed by atoms with Crippen molar-refractivity contribution in [2.75, 3.05) is 19.8 Å². The van der Waals surface area contributed by atoms with Gasteiger partial charge in [0.2, 0.25) is 0 Å². The van der Waals surface area contributed by atoms with Gasteiger partial charge in [-0.05, 0) is 224 Å². The van der Waals surface area contributed by atoms with E-state index in [2.05, 4.69) is 70.2 Å². The average Bonchev–Trinajstić information content (AvgIpc) is 0.798. The zero-order valence-electron chi connectivity index (χ0n) is 59.8. The highest BCUT2D eigenvalue weighted by Gasteiger charge is 2.42. The Kier molecular flexibility index (Phi) is 22.7. The third-order valence-corrected chi connectivity index (χ3v) is 21.8. The molecule has 21 heteroatoms. The summed E-state index contributed by atoms with van der Waals surface area (Å²) in [5.41, 5.74) is 3.42. The molecule has 10 rings (SSSR count). The lowest BCUT2D eigenvalue weighted by Gasteiger charge is -2.40. The maximum Gasteiger partial charge on any atom is 0.255 e. The van der Waals surface area contributed by atoms with E-state index in [1.54, 1.807) is 82.3 Å². The molecule has 6 aliphatic rings. The Morgan fingerprint density at radius 1 is 0.296 bits per heavy atom. The van der Waals surface area contributed by atoms with Crippen molar-refractivity contribution in [2.24, 2.45) is 47.3 Å². The Morgan fingerprint density at radius 3 is 0.857 bits per heavy atom. The SMILES string of the molecule is Cc1cc2cc(c1)C(=O)NC1CC(NC(=O)c3cc(C)cc4c3OC(C)COC(C)COC(C)COc3c(cc(C)cc3C(=O)NC3CC(NC(=O)c5cc(C)cc(c5O)C(=O)NC5CC(NC4=O)C(C)CC5C)C(C)CC3C)C(=O)NC3CC(NC2=O)C(C)CC3C)C(C)CC1C. The predicted molar refractivity (Wildman–Crippen MR) is 373 cm³/mol. The Bertz CT molecular complexity index is 3710. The molecule has 14 bridgehead atoms. The molecule has 2 aliphatic heterocycles. The first-order valence-corrected chi connectivity index (χ1v) is 35.6. The second kappa shape index (κ2) is 30.6. The number of aryl methyl sites for hydroxylation is 4. The van der Waals surface area contributed by atoms with Gasteiger partial charge in [0, 0.05) is 59.5 Å². The molecule has 9 N–H and O–H groups in total. The summed E-state index contributed by atoms with van der Waals surface area (Å²) < 4.78 is 26.2. The fourth-order valence-corrected chi connectivity index (χ4v) is 16.0. The standard InChI is InChI=1S/C77H104N8O13/c1-36-16-51-28-52(17-36)71(88)79-60-30-64(45(10)25-41(60)6)84-76(93)57-22-39(4)23-58-69(57)98-50(15)35-96-48(13)33-95-49(14)34-97-68-55(74(91)82-63-29-59(78-70(51)87)40(5)24-44(63)9)20-38(3)21-56(68)75(92)83-65-31-61(42(7)26-46(65)11)80-72(89)53-18-37(2)19-54(67(53)86)73(90)81-62-32-66(85-77(58)94)47(12)27-43(62)8/h16-23,28,40-50,59-66,86H,24-27,29-35H2,1-15H3,(H,78,87)(H,79,88)(H,80,89)(H,81,90)(H,82,91)(H,83,92)(H,84,93)(H,85,94). The normalized spacial score (nSPS) is 32.8. The van der Waals surface area contributed by atoms with E-state index >= 15 is 19.2 Å². The van der Waals surface area contributed by atoms with Gasteiger partial charge in [0.25, 0.3) is 47.3 Å². The smallest absolute Gasteiger partial charge is 0.255 e. The number of carbonyl (C=O) groups is 8. The fraction of sp³-hybridized carbons (Fsp3) is 0.584. The lowest BCUT2D eigenvalue weighted by atomic mass is 9.76. The number of ether oxygens (including phenoxy) is 4. The van der Waals surface area contributed by atoms with E-state index in [1.165, 1.54) is 0 Å². The van der Waals surface area contributed by atoms with Gasteiger partial charge in [0.05, 0.1) is 58.8 Å². The quantitative estimate of drug-likeness (QED) is 0.0742. The largest absolute Gasteiger partial charge is 0.506 e. The molecule has 0 spiro atoms. The van der Waals surface area contributed by atoms with Crippen LogP contribution in [0.4, 0.5) is 0 Å². The van der Waals surface area contributed by atoms with Crippen LogP contribution in [0.25, 0.3) is 0 Å². The zero-order chi connectivity index (χ0) is 70.9. The van der Waals surface area contributed by atoms with Crippen molar-refractivity contribution in [3.05, 3.63) is 121 Å². The van der Waals surface area contributed by atoms with E-state index in [4.69, 9.17) is 18.9 Å². The van der Waals surface area contributed by atoms with E-state index in [-0.39, 0.29) is 136 Å². The van der Waals surface area contributed by atoms with Crippen LogP contribution < -0.4 is 52.0 Å². The Labute approximate surface area is 577 Å². The van der Waals surface area contributed by atoms with Gasteiger partial charge >= 0.3 is 0 Å². The van der Waals surface area contributed by atoms with E-state index in [0.29, 0.717) is 84.7 Å². The molecule has 4 aromatic rings. The molecule has 530 valence electrons. The van der Waals surface area contributed by atoms with Gasteiger partial charge in [0.15, 0.2) is 0 Å². The van der Waals surface area contributed by atoms with Gasteiger partial charge < -0.3 is 66.6 Å². The summed E-state index contributed by atoms with van der Waals surface area (Å²) in [5.74, 6) is -4.53. The fourth-order valence-electron chi connectivity index (χ4n) is 16.0. The average molecular weight is 1350 g/mol. The topological polar surface area (TPSA) is 290 Å². The number of amides is 8. The third kappa shape index (κ3) is 16.8. The summed E-state index contributed by atoms with van der Waals surface area (Å²) in [6, 6.07) is 11.5. The van der Waals surface area contributed by atoms with Crippen molar-refractivity contribution in [1.82, 2.24) is 42.5 Å². The highest BCUT2D eigenvalue weighted by molar-refractivity contribution is 6.07. The van der Waals surface area contributed by atoms with Crippen LogP contribution in [0.2, 0.25) is 0 Å². The number of benzene rings is 4. The first-order chi connectivity index (χ1) is 46.4. The minimum absolute atomic E-state index is 0.0109. The summed E-state index contributed by atoms with van der Waals surface area (Å²) >= 11 is 0. The lowest BCUT2D eigenvalue weighted by molar-refractivity contribution is -0.0570. The zero-order valence-corrected chi connectivity index (χ0v) is 59.8. The second-order valence-electron chi connectivity index (χ2n) is 30.5. The third-order valence-electron chi connectivity index (χ3n) is 21.8. The maximum atomic E-state index is 15.2. The van der Waals surface area contributed by atoms with Crippen LogP contribution in [-0.2, 0) is 9.47 Å². The van der Waals surface area contributed by atoms with Gasteiger partial charge in [-0.3, -0.25) is 38.4 Å². The number of aromatic hydroxyl groups is 1. The Balaban J connectivity index is 1.06. The van der Waals surface area contributed by atoms with Crippen molar-refractivity contribution < 1.29 is 62.4 Å². The molecule has 98 heavy (non-hydrogen) atoms. The summed E-state index contributed by atoms with van der Waals surface area (Å²) in [7, 11) is 0. The van der Waals surface area contributed by atoms with Crippen molar-refractivity contribution in [3.63, 3.8) is 0 Å². The molecule has 4 aliphatic carbocycles. The van der Waals surface area contributed by atoms with Crippen molar-refractivity contribution in [2.45, 2.75) is 222 Å². The van der Waals surface area contributed by atoms with Crippen LogP contribution in [-0.4, -0.2) is 139 Å². The van der Waals surface area contributed by atoms with E-state index in [1.807, 2.05) is 48.5 Å². The molecule has 21 nitrogen and oxygen atoms in total. The van der Waals surface area contributed by atoms with Crippen LogP contribution in [0, 0.1) is 75.0 Å². The number of hydrogen-bond acceptors (Lipinski definition) is 13. The van der Waals surface area contributed by atoms with Gasteiger partial charge in [-0.1, -0.05) is 55.4 Å². The summed E-state index contributed by atoms with van der Waals surface area (Å²) in [6.45, 7) is 29.1. The monoisotopic (exact) mass is 1350 g/mol. The maximum absolute atomic E-state index is 15.2. The molecule has 19 unspecified atom stereocenters. The van der Waals surface area contributed by atoms with Crippen LogP contribution >= 0.6 is 0 Å².